The van der Waals surface area contributed by atoms with Crippen molar-refractivity contribution >= 4 is 40.6 Å². The van der Waals surface area contributed by atoms with Gasteiger partial charge in [-0.1, -0.05) is 48.2 Å². The molecule has 1 atom stereocenters. The van der Waals surface area contributed by atoms with Gasteiger partial charge in [-0.15, -0.1) is 21.5 Å². The molecule has 6 rings (SSSR count). The molecular formula is C35H34N6O6S2. The van der Waals surface area contributed by atoms with Crippen LogP contribution in [0.2, 0.25) is 0 Å². The van der Waals surface area contributed by atoms with E-state index >= 15 is 0 Å². The Morgan fingerprint density at radius 3 is 2.45 bits per heavy atom. The molecule has 14 heteroatoms. The van der Waals surface area contributed by atoms with Crippen molar-refractivity contribution in [3.05, 3.63) is 106 Å². The first-order valence-corrected chi connectivity index (χ1v) is 17.1. The average Bonchev–Trinajstić information content (AvgIpc) is 3.93. The minimum Gasteiger partial charge on any atom is -0.497 e. The molecule has 3 aromatic carbocycles. The van der Waals surface area contributed by atoms with Gasteiger partial charge in [0.2, 0.25) is 0 Å². The van der Waals surface area contributed by atoms with Gasteiger partial charge in [-0.05, 0) is 47.8 Å². The first kappa shape index (κ1) is 33.6. The Hall–Kier alpha value is -5.34. The summed E-state index contributed by atoms with van der Waals surface area (Å²) in [7, 11) is 6.29. The van der Waals surface area contributed by atoms with Crippen LogP contribution in [0.15, 0.2) is 94.5 Å². The SMILES string of the molecule is COc1cccc(C(=O)NCc2nnc(SCC(=O)N3N=C(c4cccs4)C[C@@H]3c3cccc(OC)c3OC)n2-c2ccccc2OC)c1. The summed E-state index contributed by atoms with van der Waals surface area (Å²) in [6.07, 6.45) is 0.509. The van der Waals surface area contributed by atoms with Gasteiger partial charge in [-0.3, -0.25) is 14.2 Å². The standard InChI is InChI=1S/C35H34N6O6S2/c1-44-23-11-7-10-22(18-23)34(43)36-20-31-37-38-35(40(31)26-13-5-6-14-28(26)45-2)49-21-32(42)41-27(19-25(39-41)30-16-9-17-48-30)24-12-8-15-29(46-3)33(24)47-4/h5-18,27H,19-21H2,1-4H3,(H,36,43)/t27-/m1/s1. The number of ether oxygens (including phenoxy) is 4. The molecule has 0 aliphatic carbocycles. The van der Waals surface area contributed by atoms with E-state index in [1.54, 1.807) is 68.6 Å². The number of thiophene rings is 1. The van der Waals surface area contributed by atoms with Crippen LogP contribution >= 0.6 is 23.1 Å². The van der Waals surface area contributed by atoms with E-state index in [0.29, 0.717) is 51.7 Å². The molecule has 2 amide bonds. The van der Waals surface area contributed by atoms with Gasteiger partial charge >= 0.3 is 0 Å². The highest BCUT2D eigenvalue weighted by molar-refractivity contribution is 7.99. The van der Waals surface area contributed by atoms with Crippen molar-refractivity contribution in [1.29, 1.82) is 0 Å². The minimum absolute atomic E-state index is 0.00740. The quantitative estimate of drug-likeness (QED) is 0.153. The highest BCUT2D eigenvalue weighted by Crippen LogP contribution is 2.42. The van der Waals surface area contributed by atoms with Crippen LogP contribution in [-0.4, -0.2) is 71.5 Å². The molecule has 0 bridgehead atoms. The zero-order valence-corrected chi connectivity index (χ0v) is 28.9. The van der Waals surface area contributed by atoms with Gasteiger partial charge in [-0.2, -0.15) is 5.10 Å². The van der Waals surface area contributed by atoms with Crippen LogP contribution < -0.4 is 24.3 Å². The smallest absolute Gasteiger partial charge is 0.253 e. The minimum atomic E-state index is -0.412. The van der Waals surface area contributed by atoms with E-state index < -0.39 is 6.04 Å². The highest BCUT2D eigenvalue weighted by Gasteiger charge is 2.36. The number of hydrogen-bond acceptors (Lipinski definition) is 11. The van der Waals surface area contributed by atoms with Gasteiger partial charge in [0, 0.05) is 17.5 Å². The van der Waals surface area contributed by atoms with Crippen LogP contribution in [0.5, 0.6) is 23.0 Å². The van der Waals surface area contributed by atoms with Gasteiger partial charge in [0.15, 0.2) is 22.5 Å². The van der Waals surface area contributed by atoms with Crippen molar-refractivity contribution in [3.63, 3.8) is 0 Å². The Morgan fingerprint density at radius 1 is 0.898 bits per heavy atom. The van der Waals surface area contributed by atoms with E-state index in [2.05, 4.69) is 15.5 Å². The number of aromatic nitrogens is 3. The van der Waals surface area contributed by atoms with Crippen LogP contribution in [0, 0.1) is 0 Å². The normalized spacial score (nSPS) is 13.9. The number of carbonyl (C=O) groups excluding carboxylic acids is 2. The summed E-state index contributed by atoms with van der Waals surface area (Å²) in [5, 5.41) is 20.5. The lowest BCUT2D eigenvalue weighted by atomic mass is 9.99. The monoisotopic (exact) mass is 698 g/mol. The summed E-state index contributed by atoms with van der Waals surface area (Å²) in [5.74, 6) is 2.21. The third-order valence-corrected chi connectivity index (χ3v) is 9.69. The van der Waals surface area contributed by atoms with Crippen molar-refractivity contribution < 1.29 is 28.5 Å². The van der Waals surface area contributed by atoms with Crippen molar-refractivity contribution in [1.82, 2.24) is 25.1 Å². The Morgan fingerprint density at radius 2 is 1.69 bits per heavy atom. The Kier molecular flexibility index (Phi) is 10.4. The summed E-state index contributed by atoms with van der Waals surface area (Å²) < 4.78 is 24.0. The molecule has 12 nitrogen and oxygen atoms in total. The maximum Gasteiger partial charge on any atom is 0.253 e. The van der Waals surface area contributed by atoms with E-state index in [4.69, 9.17) is 24.0 Å². The first-order chi connectivity index (χ1) is 23.9. The number of hydrazone groups is 1. The maximum absolute atomic E-state index is 14.1. The Labute approximate surface area is 291 Å². The zero-order valence-electron chi connectivity index (χ0n) is 27.3. The third kappa shape index (κ3) is 7.10. The fraction of sp³-hybridized carbons (Fsp3) is 0.229. The van der Waals surface area contributed by atoms with E-state index in [1.165, 1.54) is 16.8 Å². The molecule has 0 saturated carbocycles. The molecule has 0 unspecified atom stereocenters. The molecule has 1 aliphatic rings. The summed E-state index contributed by atoms with van der Waals surface area (Å²) >= 11 is 2.79. The lowest BCUT2D eigenvalue weighted by Gasteiger charge is -2.24. The molecular weight excluding hydrogens is 665 g/mol. The number of para-hydroxylation sites is 3. The molecule has 0 fully saturated rings. The number of nitrogens with one attached hydrogen (secondary N) is 1. The number of hydrogen-bond donors (Lipinski definition) is 1. The largest absolute Gasteiger partial charge is 0.497 e. The summed E-state index contributed by atoms with van der Waals surface area (Å²) in [6.45, 7) is 0.0634. The summed E-state index contributed by atoms with van der Waals surface area (Å²) in [4.78, 5) is 28.1. The number of carbonyl (C=O) groups is 2. The summed E-state index contributed by atoms with van der Waals surface area (Å²) in [5.41, 5.74) is 2.71. The van der Waals surface area contributed by atoms with Crippen LogP contribution in [0.4, 0.5) is 0 Å². The van der Waals surface area contributed by atoms with Crippen LogP contribution in [0.1, 0.15) is 39.1 Å². The third-order valence-electron chi connectivity index (χ3n) is 7.85. The predicted octanol–water partition coefficient (Wildman–Crippen LogP) is 5.76. The van der Waals surface area contributed by atoms with Crippen molar-refractivity contribution in [2.45, 2.75) is 24.2 Å². The van der Waals surface area contributed by atoms with E-state index in [0.717, 1.165) is 16.2 Å². The van der Waals surface area contributed by atoms with Gasteiger partial charge in [0.25, 0.3) is 11.8 Å². The number of thioether (sulfide) groups is 1. The maximum atomic E-state index is 14.1. The van der Waals surface area contributed by atoms with Crippen LogP contribution in [-0.2, 0) is 11.3 Å². The molecule has 252 valence electrons. The lowest BCUT2D eigenvalue weighted by Crippen LogP contribution is -2.29. The molecule has 1 aliphatic heterocycles. The molecule has 1 N–H and O–H groups in total. The second kappa shape index (κ2) is 15.3. The van der Waals surface area contributed by atoms with Gasteiger partial charge in [-0.25, -0.2) is 5.01 Å². The molecule has 49 heavy (non-hydrogen) atoms. The van der Waals surface area contributed by atoms with Gasteiger partial charge in [0.1, 0.15) is 11.5 Å². The van der Waals surface area contributed by atoms with E-state index in [-0.39, 0.29) is 24.1 Å². The molecule has 0 saturated heterocycles. The lowest BCUT2D eigenvalue weighted by molar-refractivity contribution is -0.130. The molecule has 0 radical (unpaired) electrons. The number of nitrogens with zero attached hydrogens (tertiary/aromatic N) is 5. The van der Waals surface area contributed by atoms with Gasteiger partial charge < -0.3 is 24.3 Å². The predicted molar refractivity (Wildman–Crippen MR) is 187 cm³/mol. The fourth-order valence-electron chi connectivity index (χ4n) is 5.53. The van der Waals surface area contributed by atoms with Crippen LogP contribution in [0.25, 0.3) is 5.69 Å². The van der Waals surface area contributed by atoms with Crippen molar-refractivity contribution in [2.75, 3.05) is 34.2 Å². The number of methoxy groups -OCH3 is 4. The second-order valence-electron chi connectivity index (χ2n) is 10.7. The van der Waals surface area contributed by atoms with E-state index in [1.807, 2.05) is 60.0 Å². The Balaban J connectivity index is 1.28. The highest BCUT2D eigenvalue weighted by atomic mass is 32.2. The number of rotatable bonds is 13. The zero-order chi connectivity index (χ0) is 34.3. The first-order valence-electron chi connectivity index (χ1n) is 15.2. The van der Waals surface area contributed by atoms with Crippen LogP contribution in [0.3, 0.4) is 0 Å². The van der Waals surface area contributed by atoms with Crippen molar-refractivity contribution in [2.24, 2.45) is 5.10 Å². The van der Waals surface area contributed by atoms with Gasteiger partial charge in [0.05, 0.1) is 63.1 Å². The number of amides is 2. The molecule has 3 heterocycles. The molecule has 0 spiro atoms. The topological polar surface area (TPSA) is 129 Å². The molecule has 2 aromatic heterocycles. The fourth-order valence-corrected chi connectivity index (χ4v) is 7.07. The average molecular weight is 699 g/mol. The van der Waals surface area contributed by atoms with E-state index in [9.17, 15) is 9.59 Å². The Bertz CT molecular complexity index is 1980. The van der Waals surface area contributed by atoms with Crippen molar-refractivity contribution in [3.8, 4) is 28.7 Å². The molecule has 5 aromatic rings. The second-order valence-corrected chi connectivity index (χ2v) is 12.6. The number of benzene rings is 3. The summed E-state index contributed by atoms with van der Waals surface area (Å²) in [6, 6.07) is 23.5.